The van der Waals surface area contributed by atoms with E-state index in [-0.39, 0.29) is 18.9 Å². The molecule has 3 aromatic carbocycles. The molecule has 0 saturated heterocycles. The Kier molecular flexibility index (Phi) is 10.3. The lowest BCUT2D eigenvalue weighted by Crippen LogP contribution is -2.48. The number of carbonyl (C=O) groups is 3. The molecule has 0 aliphatic heterocycles. The van der Waals surface area contributed by atoms with Crippen molar-refractivity contribution >= 4 is 17.8 Å². The molecule has 0 aliphatic rings. The molecule has 0 heterocycles. The van der Waals surface area contributed by atoms with Crippen LogP contribution in [-0.2, 0) is 22.4 Å². The average Bonchev–Trinajstić information content (AvgIpc) is 2.93. The lowest BCUT2D eigenvalue weighted by atomic mass is 10.1. The van der Waals surface area contributed by atoms with Crippen molar-refractivity contribution in [3.05, 3.63) is 95.1 Å². The first-order chi connectivity index (χ1) is 18.3. The van der Waals surface area contributed by atoms with Crippen molar-refractivity contribution in [1.29, 1.82) is 0 Å². The van der Waals surface area contributed by atoms with E-state index in [9.17, 15) is 19.5 Å². The number of aryl methyl sites for hydroxylation is 1. The summed E-state index contributed by atoms with van der Waals surface area (Å²) in [6.45, 7) is 1.84. The number of methoxy groups -OCH3 is 2. The Morgan fingerprint density at radius 1 is 0.895 bits per heavy atom. The van der Waals surface area contributed by atoms with Gasteiger partial charge < -0.3 is 24.8 Å². The van der Waals surface area contributed by atoms with Gasteiger partial charge in [-0.05, 0) is 43.0 Å². The fraction of sp³-hybridized carbons (Fsp3) is 0.300. The number of rotatable bonds is 13. The van der Waals surface area contributed by atoms with E-state index in [2.05, 4.69) is 5.32 Å². The number of nitrogens with one attached hydrogen (secondary N) is 1. The molecule has 38 heavy (non-hydrogen) atoms. The maximum Gasteiger partial charge on any atom is 0.326 e. The van der Waals surface area contributed by atoms with Crippen LogP contribution in [0.15, 0.2) is 72.8 Å². The Hall–Kier alpha value is -4.33. The first kappa shape index (κ1) is 28.2. The molecule has 0 radical (unpaired) electrons. The van der Waals surface area contributed by atoms with Crippen LogP contribution in [0.3, 0.4) is 0 Å². The molecule has 200 valence electrons. The highest BCUT2D eigenvalue weighted by molar-refractivity contribution is 5.98. The fourth-order valence-corrected chi connectivity index (χ4v) is 4.23. The normalized spacial score (nSPS) is 11.3. The van der Waals surface area contributed by atoms with Gasteiger partial charge in [0, 0.05) is 24.1 Å². The van der Waals surface area contributed by atoms with Crippen molar-refractivity contribution in [1.82, 2.24) is 10.2 Å². The summed E-state index contributed by atoms with van der Waals surface area (Å²) in [5, 5.41) is 12.3. The zero-order valence-electron chi connectivity index (χ0n) is 22.0. The summed E-state index contributed by atoms with van der Waals surface area (Å²) >= 11 is 0. The van der Waals surface area contributed by atoms with Gasteiger partial charge in [-0.15, -0.1) is 0 Å². The predicted octanol–water partition coefficient (Wildman–Crippen LogP) is 3.90. The molecule has 1 unspecified atom stereocenters. The van der Waals surface area contributed by atoms with Crippen LogP contribution in [0.4, 0.5) is 0 Å². The van der Waals surface area contributed by atoms with Gasteiger partial charge in [-0.2, -0.15) is 0 Å². The van der Waals surface area contributed by atoms with Gasteiger partial charge in [0.1, 0.15) is 17.5 Å². The van der Waals surface area contributed by atoms with E-state index < -0.39 is 17.9 Å². The van der Waals surface area contributed by atoms with Crippen molar-refractivity contribution in [2.75, 3.05) is 27.3 Å². The third-order valence-corrected chi connectivity index (χ3v) is 6.27. The maximum absolute atomic E-state index is 13.6. The Bertz CT molecular complexity index is 1210. The van der Waals surface area contributed by atoms with Crippen LogP contribution >= 0.6 is 0 Å². The Balaban J connectivity index is 1.78. The van der Waals surface area contributed by atoms with E-state index in [4.69, 9.17) is 9.47 Å². The minimum absolute atomic E-state index is 0.135. The zero-order valence-corrected chi connectivity index (χ0v) is 22.0. The summed E-state index contributed by atoms with van der Waals surface area (Å²) in [5.74, 6) is -1.07. The molecule has 0 aromatic heterocycles. The number of amides is 2. The standard InChI is InChI=1S/C30H34N2O6/c1-21-26(37-2)18-24(19-27(21)38-3)29(34)32(16-10-15-22-11-6-4-7-12-22)20-28(33)31-25(30(35)36)17-23-13-8-5-9-14-23/h4-9,11-14,18-19,25H,10,15-17,20H2,1-3H3,(H,31,33)(H,35,36). The molecular formula is C30H34N2O6. The number of carboxylic acids is 1. The van der Waals surface area contributed by atoms with Gasteiger partial charge in [0.25, 0.3) is 5.91 Å². The quantitative estimate of drug-likeness (QED) is 0.356. The molecule has 0 fully saturated rings. The second-order valence-corrected chi connectivity index (χ2v) is 8.97. The second kappa shape index (κ2) is 13.8. The molecule has 0 aliphatic carbocycles. The molecule has 2 N–H and O–H groups in total. The highest BCUT2D eigenvalue weighted by Gasteiger charge is 2.25. The molecule has 8 nitrogen and oxygen atoms in total. The summed E-state index contributed by atoms with van der Waals surface area (Å²) in [6, 6.07) is 21.1. The summed E-state index contributed by atoms with van der Waals surface area (Å²) in [7, 11) is 3.03. The lowest BCUT2D eigenvalue weighted by molar-refractivity contribution is -0.141. The highest BCUT2D eigenvalue weighted by Crippen LogP contribution is 2.30. The summed E-state index contributed by atoms with van der Waals surface area (Å²) in [5.41, 5.74) is 2.98. The monoisotopic (exact) mass is 518 g/mol. The maximum atomic E-state index is 13.6. The topological polar surface area (TPSA) is 105 Å². The van der Waals surface area contributed by atoms with Gasteiger partial charge in [0.2, 0.25) is 5.91 Å². The van der Waals surface area contributed by atoms with Crippen LogP contribution in [0, 0.1) is 6.92 Å². The second-order valence-electron chi connectivity index (χ2n) is 8.97. The van der Waals surface area contributed by atoms with E-state index in [1.165, 1.54) is 19.1 Å². The number of nitrogens with zero attached hydrogens (tertiary/aromatic N) is 1. The fourth-order valence-electron chi connectivity index (χ4n) is 4.23. The van der Waals surface area contributed by atoms with Gasteiger partial charge in [-0.25, -0.2) is 4.79 Å². The Morgan fingerprint density at radius 2 is 1.45 bits per heavy atom. The minimum Gasteiger partial charge on any atom is -0.496 e. The molecule has 2 amide bonds. The van der Waals surface area contributed by atoms with Crippen LogP contribution in [0.1, 0.15) is 33.5 Å². The Labute approximate surface area is 223 Å². The number of ether oxygens (including phenoxy) is 2. The number of hydrogen-bond acceptors (Lipinski definition) is 5. The molecule has 0 bridgehead atoms. The van der Waals surface area contributed by atoms with E-state index >= 15 is 0 Å². The first-order valence-corrected chi connectivity index (χ1v) is 12.4. The van der Waals surface area contributed by atoms with Crippen molar-refractivity contribution in [2.24, 2.45) is 0 Å². The smallest absolute Gasteiger partial charge is 0.326 e. The largest absolute Gasteiger partial charge is 0.496 e. The van der Waals surface area contributed by atoms with Crippen molar-refractivity contribution in [3.8, 4) is 11.5 Å². The third kappa shape index (κ3) is 7.83. The van der Waals surface area contributed by atoms with E-state index in [1.807, 2.05) is 55.5 Å². The van der Waals surface area contributed by atoms with E-state index in [0.29, 0.717) is 30.0 Å². The van der Waals surface area contributed by atoms with Crippen LogP contribution in [0.5, 0.6) is 11.5 Å². The van der Waals surface area contributed by atoms with Crippen molar-refractivity contribution in [3.63, 3.8) is 0 Å². The third-order valence-electron chi connectivity index (χ3n) is 6.27. The van der Waals surface area contributed by atoms with Gasteiger partial charge in [-0.3, -0.25) is 9.59 Å². The van der Waals surface area contributed by atoms with Crippen LogP contribution in [0.2, 0.25) is 0 Å². The average molecular weight is 519 g/mol. The molecule has 8 heteroatoms. The number of aliphatic carboxylic acids is 1. The summed E-state index contributed by atoms with van der Waals surface area (Å²) < 4.78 is 10.8. The van der Waals surface area contributed by atoms with Crippen molar-refractivity contribution in [2.45, 2.75) is 32.2 Å². The highest BCUT2D eigenvalue weighted by atomic mass is 16.5. The minimum atomic E-state index is -1.14. The molecule has 1 atom stereocenters. The summed E-state index contributed by atoms with van der Waals surface area (Å²) in [6.07, 6.45) is 1.48. The predicted molar refractivity (Wildman–Crippen MR) is 145 cm³/mol. The molecule has 3 rings (SSSR count). The molecule has 0 spiro atoms. The molecular weight excluding hydrogens is 484 g/mol. The lowest BCUT2D eigenvalue weighted by Gasteiger charge is -2.24. The number of carbonyl (C=O) groups excluding carboxylic acids is 2. The van der Waals surface area contributed by atoms with Crippen LogP contribution in [0.25, 0.3) is 0 Å². The molecule has 3 aromatic rings. The van der Waals surface area contributed by atoms with Crippen LogP contribution < -0.4 is 14.8 Å². The van der Waals surface area contributed by atoms with E-state index in [1.54, 1.807) is 24.3 Å². The van der Waals surface area contributed by atoms with Gasteiger partial charge >= 0.3 is 5.97 Å². The van der Waals surface area contributed by atoms with Crippen molar-refractivity contribution < 1.29 is 29.0 Å². The van der Waals surface area contributed by atoms with Gasteiger partial charge in [0.15, 0.2) is 0 Å². The van der Waals surface area contributed by atoms with E-state index in [0.717, 1.165) is 23.1 Å². The number of hydrogen-bond donors (Lipinski definition) is 2. The van der Waals surface area contributed by atoms with Crippen LogP contribution in [-0.4, -0.2) is 61.1 Å². The zero-order chi connectivity index (χ0) is 27.5. The molecule has 0 saturated carbocycles. The van der Waals surface area contributed by atoms with Gasteiger partial charge in [0.05, 0.1) is 20.8 Å². The SMILES string of the molecule is COc1cc(C(=O)N(CCCc2ccccc2)CC(=O)NC(Cc2ccccc2)C(=O)O)cc(OC)c1C. The first-order valence-electron chi connectivity index (χ1n) is 12.4. The van der Waals surface area contributed by atoms with Gasteiger partial charge in [-0.1, -0.05) is 60.7 Å². The summed E-state index contributed by atoms with van der Waals surface area (Å²) in [4.78, 5) is 39.9. The Morgan fingerprint density at radius 3 is 1.97 bits per heavy atom. The number of benzene rings is 3. The number of carboxylic acid groups (broad SMARTS) is 1.